The number of carboxylic acid groups (broad SMARTS) is 1. The normalized spacial score (nSPS) is 11.2. The molecule has 0 radical (unpaired) electrons. The van der Waals surface area contributed by atoms with Crippen LogP contribution in [-0.4, -0.2) is 45.8 Å². The summed E-state index contributed by atoms with van der Waals surface area (Å²) >= 11 is 1.47. The van der Waals surface area contributed by atoms with Crippen LogP contribution < -0.4 is 0 Å². The van der Waals surface area contributed by atoms with Crippen LogP contribution in [0.3, 0.4) is 0 Å². The van der Waals surface area contributed by atoms with Gasteiger partial charge in [-0.2, -0.15) is 0 Å². The highest BCUT2D eigenvalue weighted by Gasteiger charge is 2.09. The Morgan fingerprint density at radius 2 is 2.05 bits per heavy atom. The van der Waals surface area contributed by atoms with Crippen molar-refractivity contribution in [2.45, 2.75) is 18.0 Å². The number of carboxylic acids is 1. The Labute approximate surface area is 122 Å². The quantitative estimate of drug-likeness (QED) is 0.650. The van der Waals surface area contributed by atoms with Gasteiger partial charge in [0.2, 0.25) is 0 Å². The average Bonchev–Trinajstić information content (AvgIpc) is 2.37. The molecular weight excluding hydrogens is 274 g/mol. The number of aliphatic carboxylic acids is 1. The molecule has 0 aliphatic carbocycles. The molecule has 1 N–H and O–H groups in total. The lowest BCUT2D eigenvalue weighted by molar-refractivity contribution is -0.136. The summed E-state index contributed by atoms with van der Waals surface area (Å²) in [7, 11) is 3.94. The first-order chi connectivity index (χ1) is 9.56. The van der Waals surface area contributed by atoms with Crippen LogP contribution in [0.1, 0.15) is 12.2 Å². The zero-order valence-corrected chi connectivity index (χ0v) is 12.4. The van der Waals surface area contributed by atoms with Crippen molar-refractivity contribution in [1.29, 1.82) is 0 Å². The maximum Gasteiger partial charge on any atom is 0.304 e. The van der Waals surface area contributed by atoms with Crippen molar-refractivity contribution < 1.29 is 9.90 Å². The van der Waals surface area contributed by atoms with Crippen LogP contribution in [-0.2, 0) is 11.3 Å². The topological polar surface area (TPSA) is 66.3 Å². The summed E-state index contributed by atoms with van der Waals surface area (Å²) in [6, 6.07) is 7.81. The number of thioether (sulfide) groups is 1. The molecule has 6 heteroatoms. The van der Waals surface area contributed by atoms with Gasteiger partial charge in [0, 0.05) is 11.1 Å². The van der Waals surface area contributed by atoms with Crippen molar-refractivity contribution in [2.24, 2.45) is 0 Å². The second kappa shape index (κ2) is 6.67. The Morgan fingerprint density at radius 3 is 2.75 bits per heavy atom. The lowest BCUT2D eigenvalue weighted by Crippen LogP contribution is -2.13. The van der Waals surface area contributed by atoms with E-state index in [1.165, 1.54) is 11.8 Å². The van der Waals surface area contributed by atoms with Gasteiger partial charge in [-0.05, 0) is 20.2 Å². The molecule has 2 rings (SSSR count). The fourth-order valence-electron chi connectivity index (χ4n) is 1.79. The smallest absolute Gasteiger partial charge is 0.304 e. The van der Waals surface area contributed by atoms with Crippen LogP contribution in [0.2, 0.25) is 0 Å². The van der Waals surface area contributed by atoms with Gasteiger partial charge in [-0.15, -0.1) is 11.8 Å². The second-order valence-corrected chi connectivity index (χ2v) is 5.78. The van der Waals surface area contributed by atoms with E-state index in [9.17, 15) is 4.79 Å². The van der Waals surface area contributed by atoms with E-state index >= 15 is 0 Å². The van der Waals surface area contributed by atoms with Gasteiger partial charge in [-0.25, -0.2) is 9.97 Å². The largest absolute Gasteiger partial charge is 0.481 e. The third kappa shape index (κ3) is 3.91. The molecule has 0 bridgehead atoms. The number of para-hydroxylation sites is 1. The standard InChI is InChI=1S/C14H17N3O2S/c1-17(2)9-12-15-11-6-4-3-5-10(11)14(16-12)20-8-7-13(18)19/h3-6H,7-9H2,1-2H3,(H,18,19). The molecule has 1 heterocycles. The molecule has 20 heavy (non-hydrogen) atoms. The summed E-state index contributed by atoms with van der Waals surface area (Å²) in [5, 5.41) is 10.6. The molecule has 1 aromatic heterocycles. The first kappa shape index (κ1) is 14.7. The minimum Gasteiger partial charge on any atom is -0.481 e. The number of nitrogens with zero attached hydrogens (tertiary/aromatic N) is 3. The molecule has 0 saturated heterocycles. The van der Waals surface area contributed by atoms with E-state index < -0.39 is 5.97 Å². The molecule has 0 spiro atoms. The first-order valence-corrected chi connectivity index (χ1v) is 7.30. The molecule has 1 aromatic carbocycles. The molecule has 5 nitrogen and oxygen atoms in total. The van der Waals surface area contributed by atoms with Gasteiger partial charge >= 0.3 is 5.97 Å². The highest BCUT2D eigenvalue weighted by molar-refractivity contribution is 7.99. The highest BCUT2D eigenvalue weighted by atomic mass is 32.2. The van der Waals surface area contributed by atoms with Crippen LogP contribution in [0, 0.1) is 0 Å². The molecule has 0 saturated carbocycles. The van der Waals surface area contributed by atoms with E-state index in [0.29, 0.717) is 12.3 Å². The summed E-state index contributed by atoms with van der Waals surface area (Å²) in [5.41, 5.74) is 0.900. The van der Waals surface area contributed by atoms with E-state index in [4.69, 9.17) is 5.11 Å². The Balaban J connectivity index is 2.31. The Morgan fingerprint density at radius 1 is 1.30 bits per heavy atom. The zero-order valence-electron chi connectivity index (χ0n) is 11.5. The number of fused-ring (bicyclic) bond motifs is 1. The van der Waals surface area contributed by atoms with E-state index in [0.717, 1.165) is 21.8 Å². The van der Waals surface area contributed by atoms with Crippen LogP contribution in [0.15, 0.2) is 29.3 Å². The van der Waals surface area contributed by atoms with E-state index in [1.807, 2.05) is 43.3 Å². The minimum atomic E-state index is -0.788. The van der Waals surface area contributed by atoms with Crippen molar-refractivity contribution in [3.63, 3.8) is 0 Å². The number of benzene rings is 1. The summed E-state index contributed by atoms with van der Waals surface area (Å²) in [6.07, 6.45) is 0.131. The highest BCUT2D eigenvalue weighted by Crippen LogP contribution is 2.25. The number of aromatic nitrogens is 2. The van der Waals surface area contributed by atoms with Crippen LogP contribution in [0.5, 0.6) is 0 Å². The fraction of sp³-hybridized carbons (Fsp3) is 0.357. The van der Waals surface area contributed by atoms with Crippen LogP contribution in [0.4, 0.5) is 0 Å². The van der Waals surface area contributed by atoms with Gasteiger partial charge in [0.15, 0.2) is 0 Å². The van der Waals surface area contributed by atoms with Crippen molar-refractivity contribution in [3.8, 4) is 0 Å². The van der Waals surface area contributed by atoms with Gasteiger partial charge in [0.25, 0.3) is 0 Å². The summed E-state index contributed by atoms with van der Waals surface area (Å²) in [5.74, 6) is 0.480. The summed E-state index contributed by atoms with van der Waals surface area (Å²) < 4.78 is 0. The minimum absolute atomic E-state index is 0.131. The lowest BCUT2D eigenvalue weighted by atomic mass is 10.2. The molecule has 106 valence electrons. The van der Waals surface area contributed by atoms with Gasteiger partial charge in [0.1, 0.15) is 10.9 Å². The maximum absolute atomic E-state index is 10.6. The molecular formula is C14H17N3O2S. The van der Waals surface area contributed by atoms with Crippen molar-refractivity contribution in [2.75, 3.05) is 19.8 Å². The van der Waals surface area contributed by atoms with Crippen molar-refractivity contribution in [3.05, 3.63) is 30.1 Å². The molecule has 0 aliphatic heterocycles. The first-order valence-electron chi connectivity index (χ1n) is 6.31. The van der Waals surface area contributed by atoms with E-state index in [1.54, 1.807) is 0 Å². The molecule has 0 unspecified atom stereocenters. The predicted molar refractivity (Wildman–Crippen MR) is 79.9 cm³/mol. The van der Waals surface area contributed by atoms with E-state index in [-0.39, 0.29) is 6.42 Å². The molecule has 2 aromatic rings. The third-order valence-corrected chi connectivity index (χ3v) is 3.62. The third-order valence-electron chi connectivity index (χ3n) is 2.63. The fourth-order valence-corrected chi connectivity index (χ4v) is 2.76. The van der Waals surface area contributed by atoms with Gasteiger partial charge < -0.3 is 10.0 Å². The zero-order chi connectivity index (χ0) is 14.5. The number of rotatable bonds is 6. The van der Waals surface area contributed by atoms with Crippen molar-refractivity contribution >= 4 is 28.6 Å². The molecule has 0 atom stereocenters. The van der Waals surface area contributed by atoms with Crippen LogP contribution >= 0.6 is 11.8 Å². The van der Waals surface area contributed by atoms with E-state index in [2.05, 4.69) is 9.97 Å². The summed E-state index contributed by atoms with van der Waals surface area (Å²) in [4.78, 5) is 21.7. The Hall–Kier alpha value is -1.66. The summed E-state index contributed by atoms with van der Waals surface area (Å²) in [6.45, 7) is 0.664. The van der Waals surface area contributed by atoms with Gasteiger partial charge in [0.05, 0.1) is 18.5 Å². The average molecular weight is 291 g/mol. The monoisotopic (exact) mass is 291 g/mol. The number of carbonyl (C=O) groups is 1. The SMILES string of the molecule is CN(C)Cc1nc(SCCC(=O)O)c2ccccc2n1. The molecule has 0 amide bonds. The number of hydrogen-bond donors (Lipinski definition) is 1. The molecule has 0 fully saturated rings. The van der Waals surface area contributed by atoms with Gasteiger partial charge in [-0.1, -0.05) is 18.2 Å². The van der Waals surface area contributed by atoms with Crippen molar-refractivity contribution in [1.82, 2.24) is 14.9 Å². The number of hydrogen-bond acceptors (Lipinski definition) is 5. The molecule has 0 aliphatic rings. The maximum atomic E-state index is 10.6. The van der Waals surface area contributed by atoms with Gasteiger partial charge in [-0.3, -0.25) is 4.79 Å². The second-order valence-electron chi connectivity index (χ2n) is 4.69. The predicted octanol–water partition coefficient (Wildman–Crippen LogP) is 2.26. The Kier molecular flexibility index (Phi) is 4.92. The Bertz CT molecular complexity index is 616. The lowest BCUT2D eigenvalue weighted by Gasteiger charge is -2.11. The van der Waals surface area contributed by atoms with Crippen LogP contribution in [0.25, 0.3) is 10.9 Å².